The van der Waals surface area contributed by atoms with Crippen molar-refractivity contribution in [3.8, 4) is 11.5 Å². The number of methoxy groups -OCH3 is 2. The van der Waals surface area contributed by atoms with Crippen molar-refractivity contribution >= 4 is 23.4 Å². The van der Waals surface area contributed by atoms with Crippen LogP contribution in [-0.4, -0.2) is 25.4 Å². The molecule has 0 spiro atoms. The van der Waals surface area contributed by atoms with Gasteiger partial charge in [-0.15, -0.1) is 11.8 Å². The number of nitrogens with one attached hydrogen (secondary N) is 1. The molecule has 1 unspecified atom stereocenters. The summed E-state index contributed by atoms with van der Waals surface area (Å²) in [6, 6.07) is 17.3. The first kappa shape index (κ1) is 22.6. The van der Waals surface area contributed by atoms with Crippen LogP contribution < -0.4 is 14.8 Å². The minimum Gasteiger partial charge on any atom is -0.497 e. The molecular weight excluding hydrogens is 420 g/mol. The monoisotopic (exact) mass is 443 g/mol. The second-order valence-electron chi connectivity index (χ2n) is 6.82. The normalized spacial score (nSPS) is 11.8. The highest BCUT2D eigenvalue weighted by atomic mass is 32.2. The van der Waals surface area contributed by atoms with Crippen LogP contribution in [0.25, 0.3) is 0 Å². The Balaban J connectivity index is 1.83. The molecule has 1 amide bonds. The van der Waals surface area contributed by atoms with Crippen LogP contribution in [0, 0.1) is 11.6 Å². The highest BCUT2D eigenvalue weighted by molar-refractivity contribution is 8.01. The van der Waals surface area contributed by atoms with E-state index in [4.69, 9.17) is 9.47 Å². The second-order valence-corrected chi connectivity index (χ2v) is 8.27. The van der Waals surface area contributed by atoms with E-state index in [1.165, 1.54) is 43.1 Å². The first-order chi connectivity index (χ1) is 14.9. The van der Waals surface area contributed by atoms with Crippen molar-refractivity contribution in [3.63, 3.8) is 0 Å². The fraction of sp³-hybridized carbons (Fsp3) is 0.208. The van der Waals surface area contributed by atoms with Crippen LogP contribution >= 0.6 is 11.8 Å². The number of amides is 1. The smallest absolute Gasteiger partial charge is 0.237 e. The maximum atomic E-state index is 13.4. The number of carbonyl (C=O) groups excluding carboxylic acids is 1. The molecule has 1 atom stereocenters. The lowest BCUT2D eigenvalue weighted by Gasteiger charge is -2.22. The lowest BCUT2D eigenvalue weighted by atomic mass is 10.0. The number of rotatable bonds is 8. The molecule has 3 aromatic rings. The number of carbonyl (C=O) groups is 1. The van der Waals surface area contributed by atoms with E-state index in [9.17, 15) is 13.6 Å². The van der Waals surface area contributed by atoms with Crippen LogP contribution in [0.3, 0.4) is 0 Å². The van der Waals surface area contributed by atoms with Gasteiger partial charge in [0, 0.05) is 6.07 Å². The second kappa shape index (κ2) is 10.3. The minimum atomic E-state index is -0.476. The number of halogens is 2. The quantitative estimate of drug-likeness (QED) is 0.476. The molecule has 0 saturated carbocycles. The topological polar surface area (TPSA) is 47.6 Å². The summed E-state index contributed by atoms with van der Waals surface area (Å²) in [5.74, 6) is 0.183. The summed E-state index contributed by atoms with van der Waals surface area (Å²) in [4.78, 5) is 12.9. The highest BCUT2D eigenvalue weighted by Gasteiger charge is 2.23. The van der Waals surface area contributed by atoms with E-state index in [1.54, 1.807) is 56.5 Å². The third-order valence-corrected chi connectivity index (χ3v) is 6.16. The van der Waals surface area contributed by atoms with Gasteiger partial charge in [-0.2, -0.15) is 0 Å². The van der Waals surface area contributed by atoms with Gasteiger partial charge >= 0.3 is 0 Å². The molecule has 0 aromatic heterocycles. The van der Waals surface area contributed by atoms with E-state index < -0.39 is 5.25 Å². The zero-order valence-corrected chi connectivity index (χ0v) is 18.2. The Morgan fingerprint density at radius 3 is 1.90 bits per heavy atom. The third-order valence-electron chi connectivity index (χ3n) is 4.72. The first-order valence-electron chi connectivity index (χ1n) is 9.60. The molecule has 0 fully saturated rings. The van der Waals surface area contributed by atoms with Crippen LogP contribution in [0.4, 0.5) is 14.5 Å². The molecule has 1 N–H and O–H groups in total. The SMILES string of the molecule is COc1ccc(OC)c(NC(=O)C(C)SC(c2ccc(F)cc2)c2ccc(F)cc2)c1. The average Bonchev–Trinajstić information content (AvgIpc) is 2.78. The molecule has 0 saturated heterocycles. The van der Waals surface area contributed by atoms with E-state index in [1.807, 2.05) is 0 Å². The first-order valence-corrected chi connectivity index (χ1v) is 10.5. The van der Waals surface area contributed by atoms with Gasteiger partial charge in [0.15, 0.2) is 0 Å². The Kier molecular flexibility index (Phi) is 7.52. The van der Waals surface area contributed by atoms with Gasteiger partial charge in [-0.1, -0.05) is 24.3 Å². The van der Waals surface area contributed by atoms with Crippen LogP contribution in [0.2, 0.25) is 0 Å². The highest BCUT2D eigenvalue weighted by Crippen LogP contribution is 2.39. The summed E-state index contributed by atoms with van der Waals surface area (Å²) < 4.78 is 37.4. The molecule has 3 aromatic carbocycles. The summed E-state index contributed by atoms with van der Waals surface area (Å²) in [6.45, 7) is 1.78. The van der Waals surface area contributed by atoms with E-state index in [2.05, 4.69) is 5.32 Å². The number of hydrogen-bond donors (Lipinski definition) is 1. The number of hydrogen-bond acceptors (Lipinski definition) is 4. The van der Waals surface area contributed by atoms with Gasteiger partial charge in [0.2, 0.25) is 5.91 Å². The molecule has 0 aliphatic heterocycles. The van der Waals surface area contributed by atoms with Crippen LogP contribution in [0.1, 0.15) is 23.3 Å². The van der Waals surface area contributed by atoms with Crippen molar-refractivity contribution in [2.24, 2.45) is 0 Å². The molecule has 0 heterocycles. The molecule has 0 radical (unpaired) electrons. The Hall–Kier alpha value is -3.06. The van der Waals surface area contributed by atoms with Crippen molar-refractivity contribution in [2.75, 3.05) is 19.5 Å². The zero-order valence-electron chi connectivity index (χ0n) is 17.4. The fourth-order valence-electron chi connectivity index (χ4n) is 3.04. The van der Waals surface area contributed by atoms with Gasteiger partial charge in [0.1, 0.15) is 23.1 Å². The maximum absolute atomic E-state index is 13.4. The molecule has 162 valence electrons. The lowest BCUT2D eigenvalue weighted by Crippen LogP contribution is -2.24. The summed E-state index contributed by atoms with van der Waals surface area (Å²) in [7, 11) is 3.07. The van der Waals surface area contributed by atoms with Gasteiger partial charge in [-0.25, -0.2) is 8.78 Å². The van der Waals surface area contributed by atoms with Gasteiger partial charge in [0.25, 0.3) is 0 Å². The van der Waals surface area contributed by atoms with E-state index in [0.717, 1.165) is 11.1 Å². The van der Waals surface area contributed by atoms with Crippen molar-refractivity contribution in [2.45, 2.75) is 17.4 Å². The molecular formula is C24H23F2NO3S. The van der Waals surface area contributed by atoms with E-state index in [-0.39, 0.29) is 22.8 Å². The van der Waals surface area contributed by atoms with Gasteiger partial charge in [-0.05, 0) is 54.4 Å². The van der Waals surface area contributed by atoms with E-state index >= 15 is 0 Å². The average molecular weight is 444 g/mol. The van der Waals surface area contributed by atoms with Gasteiger partial charge in [-0.3, -0.25) is 4.79 Å². The zero-order chi connectivity index (χ0) is 22.4. The minimum absolute atomic E-state index is 0.231. The number of thioether (sulfide) groups is 1. The van der Waals surface area contributed by atoms with Crippen LogP contribution in [0.15, 0.2) is 66.7 Å². The summed E-state index contributed by atoms with van der Waals surface area (Å²) in [5.41, 5.74) is 2.13. The summed E-state index contributed by atoms with van der Waals surface area (Å²) in [6.07, 6.45) is 0. The standard InChI is InChI=1S/C24H23F2NO3S/c1-15(24(28)27-21-14-20(29-2)12-13-22(21)30-3)31-23(16-4-8-18(25)9-5-16)17-6-10-19(26)11-7-17/h4-15,23H,1-3H3,(H,27,28). The predicted molar refractivity (Wildman–Crippen MR) is 120 cm³/mol. The van der Waals surface area contributed by atoms with Crippen LogP contribution in [0.5, 0.6) is 11.5 Å². The summed E-state index contributed by atoms with van der Waals surface area (Å²) in [5, 5.41) is 2.12. The molecule has 4 nitrogen and oxygen atoms in total. The van der Waals surface area contributed by atoms with Crippen LogP contribution in [-0.2, 0) is 4.79 Å². The van der Waals surface area contributed by atoms with Crippen molar-refractivity contribution in [1.82, 2.24) is 0 Å². The van der Waals surface area contributed by atoms with Gasteiger partial charge < -0.3 is 14.8 Å². The third kappa shape index (κ3) is 5.76. The van der Waals surface area contributed by atoms with Crippen molar-refractivity contribution in [3.05, 3.63) is 89.5 Å². The van der Waals surface area contributed by atoms with Crippen molar-refractivity contribution < 1.29 is 23.0 Å². The number of ether oxygens (including phenoxy) is 2. The summed E-state index contributed by atoms with van der Waals surface area (Å²) >= 11 is 1.38. The molecule has 0 aliphatic carbocycles. The largest absolute Gasteiger partial charge is 0.497 e. The molecule has 0 aliphatic rings. The predicted octanol–water partition coefficient (Wildman–Crippen LogP) is 5.83. The Labute approximate surface area is 184 Å². The fourth-order valence-corrected chi connectivity index (χ4v) is 4.26. The maximum Gasteiger partial charge on any atom is 0.237 e. The molecule has 7 heteroatoms. The Morgan fingerprint density at radius 1 is 0.871 bits per heavy atom. The Bertz CT molecular complexity index is 980. The van der Waals surface area contributed by atoms with Gasteiger partial charge in [0.05, 0.1) is 30.4 Å². The number of benzene rings is 3. The number of anilines is 1. The lowest BCUT2D eigenvalue weighted by molar-refractivity contribution is -0.115. The van der Waals surface area contributed by atoms with E-state index in [0.29, 0.717) is 17.2 Å². The van der Waals surface area contributed by atoms with Crippen molar-refractivity contribution in [1.29, 1.82) is 0 Å². The Morgan fingerprint density at radius 2 is 1.42 bits per heavy atom. The molecule has 31 heavy (non-hydrogen) atoms. The molecule has 3 rings (SSSR count). The molecule has 0 bridgehead atoms.